The molecule has 3 aromatic carbocycles. The van der Waals surface area contributed by atoms with Gasteiger partial charge >= 0.3 is 0 Å². The Balaban J connectivity index is 1.79. The van der Waals surface area contributed by atoms with E-state index in [1.54, 1.807) is 69.1 Å². The van der Waals surface area contributed by atoms with Crippen molar-refractivity contribution in [2.24, 2.45) is 0 Å². The molecule has 0 radical (unpaired) electrons. The van der Waals surface area contributed by atoms with E-state index in [1.165, 1.54) is 3.97 Å². The molecule has 0 bridgehead atoms. The van der Waals surface area contributed by atoms with Gasteiger partial charge in [-0.05, 0) is 48.0 Å². The normalized spacial score (nSPS) is 11.7. The fraction of sp³-hybridized carbons (Fsp3) is 0.0800. The van der Waals surface area contributed by atoms with Gasteiger partial charge in [0.2, 0.25) is 0 Å². The fourth-order valence-electron chi connectivity index (χ4n) is 4.00. The van der Waals surface area contributed by atoms with Gasteiger partial charge in [-0.1, -0.05) is 35.9 Å². The van der Waals surface area contributed by atoms with Crippen LogP contribution in [0.15, 0.2) is 84.0 Å². The molecule has 33 heavy (non-hydrogen) atoms. The summed E-state index contributed by atoms with van der Waals surface area (Å²) in [4.78, 5) is 4.46. The van der Waals surface area contributed by atoms with E-state index in [2.05, 4.69) is 4.98 Å². The first-order chi connectivity index (χ1) is 15.9. The van der Waals surface area contributed by atoms with Gasteiger partial charge in [-0.2, -0.15) is 0 Å². The molecule has 2 aromatic heterocycles. The lowest BCUT2D eigenvalue weighted by Crippen LogP contribution is -2.12. The molecule has 6 nitrogen and oxygen atoms in total. The quantitative estimate of drug-likeness (QED) is 0.321. The third kappa shape index (κ3) is 3.50. The number of ether oxygens (including phenoxy) is 2. The molecule has 0 amide bonds. The van der Waals surface area contributed by atoms with Gasteiger partial charge in [0.15, 0.2) is 11.5 Å². The monoisotopic (exact) mass is 478 g/mol. The first-order valence-electron chi connectivity index (χ1n) is 10.1. The first kappa shape index (κ1) is 21.3. The van der Waals surface area contributed by atoms with Crippen molar-refractivity contribution in [3.05, 3.63) is 84.1 Å². The van der Waals surface area contributed by atoms with E-state index in [4.69, 9.17) is 21.1 Å². The number of methoxy groups -OCH3 is 2. The molecule has 0 spiro atoms. The molecule has 0 aliphatic heterocycles. The maximum absolute atomic E-state index is 13.9. The largest absolute Gasteiger partial charge is 0.493 e. The molecule has 0 fully saturated rings. The minimum Gasteiger partial charge on any atom is -0.493 e. The number of halogens is 1. The third-order valence-corrected chi connectivity index (χ3v) is 7.50. The predicted octanol–water partition coefficient (Wildman–Crippen LogP) is 5.76. The summed E-state index contributed by atoms with van der Waals surface area (Å²) in [5.41, 5.74) is 2.40. The van der Waals surface area contributed by atoms with E-state index in [0.29, 0.717) is 38.5 Å². The Morgan fingerprint density at radius 2 is 1.70 bits per heavy atom. The summed E-state index contributed by atoms with van der Waals surface area (Å²) in [6.07, 6.45) is 3.20. The first-order valence-corrected chi connectivity index (χ1v) is 11.9. The molecule has 8 heteroatoms. The maximum Gasteiger partial charge on any atom is 0.270 e. The van der Waals surface area contributed by atoms with Crippen molar-refractivity contribution in [2.45, 2.75) is 4.90 Å². The van der Waals surface area contributed by atoms with Gasteiger partial charge in [-0.3, -0.25) is 4.98 Å². The minimum atomic E-state index is -3.97. The summed E-state index contributed by atoms with van der Waals surface area (Å²) in [6, 6.07) is 19.3. The number of hydrogen-bond donors (Lipinski definition) is 0. The highest BCUT2D eigenvalue weighted by Crippen LogP contribution is 2.38. The van der Waals surface area contributed by atoms with Crippen LogP contribution in [0.3, 0.4) is 0 Å². The van der Waals surface area contributed by atoms with E-state index < -0.39 is 10.0 Å². The number of pyridine rings is 1. The SMILES string of the molecule is COc1ccc(-c2cn(S(=O)(=O)c3cccc4cccnc34)c3ccc(Cl)cc23)cc1OC. The van der Waals surface area contributed by atoms with Crippen LogP contribution in [0.4, 0.5) is 0 Å². The van der Waals surface area contributed by atoms with Crippen LogP contribution >= 0.6 is 11.6 Å². The Morgan fingerprint density at radius 3 is 2.48 bits per heavy atom. The van der Waals surface area contributed by atoms with Gasteiger partial charge in [0.05, 0.1) is 25.3 Å². The molecule has 2 heterocycles. The average molecular weight is 479 g/mol. The van der Waals surface area contributed by atoms with Crippen LogP contribution in [0.2, 0.25) is 5.02 Å². The van der Waals surface area contributed by atoms with Gasteiger partial charge in [-0.15, -0.1) is 0 Å². The van der Waals surface area contributed by atoms with Crippen molar-refractivity contribution in [3.63, 3.8) is 0 Å². The van der Waals surface area contributed by atoms with Crippen molar-refractivity contribution >= 4 is 43.4 Å². The summed E-state index contributed by atoms with van der Waals surface area (Å²) in [7, 11) is -0.847. The second kappa shape index (κ2) is 8.10. The standard InChI is InChI=1S/C25H19ClN2O4S/c1-31-22-11-8-17(13-23(22)32-2)20-15-28(21-10-9-18(26)14-19(20)21)33(29,30)24-7-3-5-16-6-4-12-27-25(16)24/h3-15H,1-2H3. The van der Waals surface area contributed by atoms with E-state index in [1.807, 2.05) is 24.3 Å². The average Bonchev–Trinajstić information content (AvgIpc) is 3.22. The van der Waals surface area contributed by atoms with Crippen molar-refractivity contribution < 1.29 is 17.9 Å². The zero-order valence-electron chi connectivity index (χ0n) is 17.8. The number of benzene rings is 3. The summed E-state index contributed by atoms with van der Waals surface area (Å²) in [5, 5.41) is 1.95. The van der Waals surface area contributed by atoms with Gasteiger partial charge in [-0.25, -0.2) is 12.4 Å². The summed E-state index contributed by atoms with van der Waals surface area (Å²) in [6.45, 7) is 0. The minimum absolute atomic E-state index is 0.131. The van der Waals surface area contributed by atoms with Gasteiger partial charge in [0.1, 0.15) is 4.90 Å². The number of para-hydroxylation sites is 1. The number of hydrogen-bond acceptors (Lipinski definition) is 5. The van der Waals surface area contributed by atoms with E-state index in [9.17, 15) is 8.42 Å². The Labute approximate surface area is 196 Å². The lowest BCUT2D eigenvalue weighted by atomic mass is 10.0. The van der Waals surface area contributed by atoms with Crippen molar-refractivity contribution in [2.75, 3.05) is 14.2 Å². The summed E-state index contributed by atoms with van der Waals surface area (Å²) >= 11 is 6.29. The molecule has 0 aliphatic carbocycles. The summed E-state index contributed by atoms with van der Waals surface area (Å²) in [5.74, 6) is 1.12. The lowest BCUT2D eigenvalue weighted by Gasteiger charge is -2.10. The van der Waals surface area contributed by atoms with Crippen LogP contribution in [0.25, 0.3) is 32.9 Å². The topological polar surface area (TPSA) is 70.4 Å². The molecular formula is C25H19ClN2O4S. The Morgan fingerprint density at radius 1 is 0.909 bits per heavy atom. The van der Waals surface area contributed by atoms with Crippen LogP contribution in [0.1, 0.15) is 0 Å². The fourth-order valence-corrected chi connectivity index (χ4v) is 5.71. The second-order valence-corrected chi connectivity index (χ2v) is 9.63. The molecule has 0 N–H and O–H groups in total. The van der Waals surface area contributed by atoms with Gasteiger partial charge in [0.25, 0.3) is 10.0 Å². The highest BCUT2D eigenvalue weighted by Gasteiger charge is 2.25. The number of aromatic nitrogens is 2. The Bertz CT molecular complexity index is 1620. The van der Waals surface area contributed by atoms with Gasteiger partial charge in [0, 0.05) is 33.8 Å². The predicted molar refractivity (Wildman–Crippen MR) is 130 cm³/mol. The highest BCUT2D eigenvalue weighted by atomic mass is 35.5. The van der Waals surface area contributed by atoms with Crippen LogP contribution in [-0.4, -0.2) is 31.6 Å². The smallest absolute Gasteiger partial charge is 0.270 e. The molecule has 0 unspecified atom stereocenters. The van der Waals surface area contributed by atoms with Crippen molar-refractivity contribution in [1.82, 2.24) is 8.96 Å². The maximum atomic E-state index is 13.9. The number of fused-ring (bicyclic) bond motifs is 2. The number of rotatable bonds is 5. The third-order valence-electron chi connectivity index (χ3n) is 5.56. The molecule has 5 aromatic rings. The molecule has 5 rings (SSSR count). The molecule has 0 saturated carbocycles. The van der Waals surface area contributed by atoms with Crippen LogP contribution in [0.5, 0.6) is 11.5 Å². The molecular weight excluding hydrogens is 460 g/mol. The zero-order valence-corrected chi connectivity index (χ0v) is 19.4. The van der Waals surface area contributed by atoms with Gasteiger partial charge < -0.3 is 9.47 Å². The lowest BCUT2D eigenvalue weighted by molar-refractivity contribution is 0.355. The molecule has 0 saturated heterocycles. The Kier molecular flexibility index (Phi) is 5.23. The van der Waals surface area contributed by atoms with Crippen molar-refractivity contribution in [1.29, 1.82) is 0 Å². The van der Waals surface area contributed by atoms with E-state index in [0.717, 1.165) is 10.9 Å². The molecule has 0 aliphatic rings. The van der Waals surface area contributed by atoms with Crippen molar-refractivity contribution in [3.8, 4) is 22.6 Å². The highest BCUT2D eigenvalue weighted by molar-refractivity contribution is 7.90. The zero-order chi connectivity index (χ0) is 23.2. The van der Waals surface area contributed by atoms with E-state index in [-0.39, 0.29) is 4.90 Å². The molecule has 0 atom stereocenters. The summed E-state index contributed by atoms with van der Waals surface area (Å²) < 4.78 is 39.8. The van der Waals surface area contributed by atoms with Crippen LogP contribution in [0, 0.1) is 0 Å². The van der Waals surface area contributed by atoms with Crippen LogP contribution < -0.4 is 9.47 Å². The van der Waals surface area contributed by atoms with Crippen LogP contribution in [-0.2, 0) is 10.0 Å². The number of nitrogens with zero attached hydrogens (tertiary/aromatic N) is 2. The van der Waals surface area contributed by atoms with E-state index >= 15 is 0 Å². The second-order valence-electron chi connectivity index (χ2n) is 7.41. The molecule has 166 valence electrons. The Hall–Kier alpha value is -3.55.